The maximum absolute atomic E-state index is 4.26. The van der Waals surface area contributed by atoms with E-state index in [4.69, 9.17) is 0 Å². The average Bonchev–Trinajstić information content (AvgIpc) is 2.68. The molecule has 3 aromatic rings. The number of rotatable bonds is 2. The quantitative estimate of drug-likeness (QED) is 0.648. The van der Waals surface area contributed by atoms with Crippen LogP contribution >= 0.6 is 12.6 Å². The number of hydrogen-bond donors (Lipinski definition) is 2. The largest absolute Gasteiger partial charge is 0.354 e. The summed E-state index contributed by atoms with van der Waals surface area (Å²) in [6, 6.07) is 8.52. The molecule has 0 fully saturated rings. The first-order chi connectivity index (χ1) is 7.88. The third-order valence-electron chi connectivity index (χ3n) is 2.87. The van der Waals surface area contributed by atoms with Crippen molar-refractivity contribution >= 4 is 34.4 Å². The number of benzene rings is 1. The molecule has 0 saturated carbocycles. The first-order valence-corrected chi connectivity index (χ1v) is 5.97. The van der Waals surface area contributed by atoms with Gasteiger partial charge in [-0.05, 0) is 35.9 Å². The number of hydrogen-bond acceptors (Lipinski definition) is 2. The Morgan fingerprint density at radius 3 is 2.88 bits per heavy atom. The Kier molecular flexibility index (Phi) is 2.33. The molecule has 0 radical (unpaired) electrons. The number of H-pyrrole nitrogens is 1. The van der Waals surface area contributed by atoms with Crippen molar-refractivity contribution in [3.63, 3.8) is 0 Å². The van der Waals surface area contributed by atoms with Crippen LogP contribution < -0.4 is 0 Å². The summed E-state index contributed by atoms with van der Waals surface area (Å²) in [6.45, 7) is 0. The summed E-state index contributed by atoms with van der Waals surface area (Å²) in [7, 11) is 0. The van der Waals surface area contributed by atoms with E-state index in [-0.39, 0.29) is 0 Å². The van der Waals surface area contributed by atoms with Crippen molar-refractivity contribution < 1.29 is 0 Å². The summed E-state index contributed by atoms with van der Waals surface area (Å²) < 4.78 is 0. The van der Waals surface area contributed by atoms with Crippen molar-refractivity contribution in [3.05, 3.63) is 42.2 Å². The molecular formula is C13H12N2S. The Hall–Kier alpha value is -1.48. The van der Waals surface area contributed by atoms with Crippen LogP contribution in [0.2, 0.25) is 0 Å². The predicted molar refractivity (Wildman–Crippen MR) is 71.2 cm³/mol. The molecule has 0 aliphatic rings. The Labute approximate surface area is 99.1 Å². The van der Waals surface area contributed by atoms with Gasteiger partial charge in [-0.15, -0.1) is 0 Å². The van der Waals surface area contributed by atoms with Gasteiger partial charge in [0.1, 0.15) is 0 Å². The normalized spacial score (nSPS) is 11.3. The molecule has 0 spiro atoms. The molecule has 16 heavy (non-hydrogen) atoms. The summed E-state index contributed by atoms with van der Waals surface area (Å²) in [5.74, 6) is 0.881. The van der Waals surface area contributed by atoms with E-state index in [0.717, 1.165) is 17.7 Å². The predicted octanol–water partition coefficient (Wildman–Crippen LogP) is 3.19. The van der Waals surface area contributed by atoms with E-state index in [0.29, 0.717) is 0 Å². The van der Waals surface area contributed by atoms with Gasteiger partial charge in [-0.1, -0.05) is 6.07 Å². The van der Waals surface area contributed by atoms with Crippen LogP contribution in [0.1, 0.15) is 5.56 Å². The first kappa shape index (κ1) is 9.73. The Morgan fingerprint density at radius 2 is 2.00 bits per heavy atom. The maximum Gasteiger partial charge on any atom is 0.0495 e. The van der Waals surface area contributed by atoms with E-state index in [1.165, 1.54) is 21.9 Å². The minimum Gasteiger partial charge on any atom is -0.354 e. The van der Waals surface area contributed by atoms with Gasteiger partial charge in [0, 0.05) is 34.2 Å². The third-order valence-corrected chi connectivity index (χ3v) is 3.09. The number of pyridine rings is 1. The smallest absolute Gasteiger partial charge is 0.0495 e. The minimum absolute atomic E-state index is 0.881. The van der Waals surface area contributed by atoms with Gasteiger partial charge >= 0.3 is 0 Å². The van der Waals surface area contributed by atoms with Gasteiger partial charge in [0.2, 0.25) is 0 Å². The highest BCUT2D eigenvalue weighted by atomic mass is 32.1. The zero-order valence-corrected chi connectivity index (χ0v) is 9.67. The number of nitrogens with one attached hydrogen (secondary N) is 1. The van der Waals surface area contributed by atoms with Gasteiger partial charge in [0.15, 0.2) is 0 Å². The molecule has 3 heteroatoms. The van der Waals surface area contributed by atoms with Crippen LogP contribution in [0, 0.1) is 0 Å². The molecule has 2 nitrogen and oxygen atoms in total. The maximum atomic E-state index is 4.26. The van der Waals surface area contributed by atoms with E-state index in [2.05, 4.69) is 40.8 Å². The van der Waals surface area contributed by atoms with Crippen molar-refractivity contribution in [3.8, 4) is 0 Å². The molecule has 2 heterocycles. The third kappa shape index (κ3) is 1.48. The molecule has 3 rings (SSSR count). The number of thiol groups is 1. The van der Waals surface area contributed by atoms with Crippen LogP contribution in [-0.4, -0.2) is 15.7 Å². The van der Waals surface area contributed by atoms with Crippen LogP contribution in [0.15, 0.2) is 36.7 Å². The van der Waals surface area contributed by atoms with Crippen molar-refractivity contribution in [1.29, 1.82) is 0 Å². The van der Waals surface area contributed by atoms with Gasteiger partial charge in [-0.2, -0.15) is 12.6 Å². The number of aromatic amines is 1. The molecule has 0 saturated heterocycles. The summed E-state index contributed by atoms with van der Waals surface area (Å²) in [4.78, 5) is 7.56. The zero-order chi connectivity index (χ0) is 11.0. The van der Waals surface area contributed by atoms with Crippen LogP contribution in [0.3, 0.4) is 0 Å². The molecule has 0 bridgehead atoms. The number of fused-ring (bicyclic) bond motifs is 3. The lowest BCUT2D eigenvalue weighted by Gasteiger charge is -1.98. The second kappa shape index (κ2) is 3.83. The van der Waals surface area contributed by atoms with E-state index >= 15 is 0 Å². The molecule has 1 N–H and O–H groups in total. The molecule has 0 aliphatic carbocycles. The van der Waals surface area contributed by atoms with Crippen molar-refractivity contribution in [1.82, 2.24) is 9.97 Å². The second-order valence-corrected chi connectivity index (χ2v) is 4.35. The second-order valence-electron chi connectivity index (χ2n) is 3.90. The molecule has 2 aromatic heterocycles. The Morgan fingerprint density at radius 1 is 1.12 bits per heavy atom. The van der Waals surface area contributed by atoms with Crippen LogP contribution in [0.4, 0.5) is 0 Å². The molecule has 0 aliphatic heterocycles. The SMILES string of the molecule is SCCc1ccc2[nH]c3ccncc3c2c1. The van der Waals surface area contributed by atoms with Gasteiger partial charge in [-0.3, -0.25) is 4.98 Å². The Bertz CT molecular complexity index is 643. The summed E-state index contributed by atoms with van der Waals surface area (Å²) in [5, 5.41) is 2.45. The lowest BCUT2D eigenvalue weighted by Crippen LogP contribution is -1.84. The fourth-order valence-corrected chi connectivity index (χ4v) is 2.33. The number of aromatic nitrogens is 2. The summed E-state index contributed by atoms with van der Waals surface area (Å²) in [5.41, 5.74) is 3.64. The zero-order valence-electron chi connectivity index (χ0n) is 8.77. The fraction of sp³-hybridized carbons (Fsp3) is 0.154. The van der Waals surface area contributed by atoms with Crippen molar-refractivity contribution in [2.75, 3.05) is 5.75 Å². The van der Waals surface area contributed by atoms with E-state index < -0.39 is 0 Å². The molecule has 0 atom stereocenters. The van der Waals surface area contributed by atoms with Gasteiger partial charge in [-0.25, -0.2) is 0 Å². The number of aryl methyl sites for hydroxylation is 1. The van der Waals surface area contributed by atoms with Gasteiger partial charge < -0.3 is 4.98 Å². The highest BCUT2D eigenvalue weighted by Crippen LogP contribution is 2.25. The topological polar surface area (TPSA) is 28.7 Å². The van der Waals surface area contributed by atoms with Crippen molar-refractivity contribution in [2.45, 2.75) is 6.42 Å². The van der Waals surface area contributed by atoms with E-state index in [9.17, 15) is 0 Å². The molecule has 0 unspecified atom stereocenters. The monoisotopic (exact) mass is 228 g/mol. The van der Waals surface area contributed by atoms with Gasteiger partial charge in [0.25, 0.3) is 0 Å². The first-order valence-electron chi connectivity index (χ1n) is 5.33. The lowest BCUT2D eigenvalue weighted by molar-refractivity contribution is 1.17. The van der Waals surface area contributed by atoms with Crippen LogP contribution in [0.5, 0.6) is 0 Å². The van der Waals surface area contributed by atoms with Crippen LogP contribution in [0.25, 0.3) is 21.8 Å². The summed E-state index contributed by atoms with van der Waals surface area (Å²) in [6.07, 6.45) is 4.73. The molecule has 0 amide bonds. The highest BCUT2D eigenvalue weighted by Gasteiger charge is 2.04. The van der Waals surface area contributed by atoms with E-state index in [1.54, 1.807) is 0 Å². The Balaban J connectivity index is 2.31. The summed E-state index contributed by atoms with van der Waals surface area (Å²) >= 11 is 4.26. The van der Waals surface area contributed by atoms with Crippen molar-refractivity contribution in [2.24, 2.45) is 0 Å². The van der Waals surface area contributed by atoms with E-state index in [1.807, 2.05) is 18.5 Å². The minimum atomic E-state index is 0.881. The standard InChI is InChI=1S/C13H12N2S/c16-6-4-9-1-2-12-10(7-9)11-8-14-5-3-13(11)15-12/h1-3,5,7-8,15-16H,4,6H2. The van der Waals surface area contributed by atoms with Crippen LogP contribution in [-0.2, 0) is 6.42 Å². The molecule has 1 aromatic carbocycles. The fourth-order valence-electron chi connectivity index (χ4n) is 2.07. The average molecular weight is 228 g/mol. The van der Waals surface area contributed by atoms with Gasteiger partial charge in [0.05, 0.1) is 0 Å². The molecule has 80 valence electrons. The lowest BCUT2D eigenvalue weighted by atomic mass is 10.1. The molecular weight excluding hydrogens is 216 g/mol. The number of nitrogens with zero attached hydrogens (tertiary/aromatic N) is 1. The highest BCUT2D eigenvalue weighted by molar-refractivity contribution is 7.80.